The molecule has 1 fully saturated rings. The van der Waals surface area contributed by atoms with Crippen molar-refractivity contribution < 1.29 is 8.42 Å². The number of hydrogen-bond donors (Lipinski definition) is 0. The van der Waals surface area contributed by atoms with E-state index < -0.39 is 10.0 Å². The normalized spacial score (nSPS) is 31.2. The van der Waals surface area contributed by atoms with Crippen molar-refractivity contribution in [2.75, 3.05) is 32.9 Å². The van der Waals surface area contributed by atoms with Crippen molar-refractivity contribution in [1.82, 2.24) is 8.79 Å². The van der Waals surface area contributed by atoms with E-state index in [2.05, 4.69) is 11.0 Å². The monoisotopic (exact) mass is 295 g/mol. The van der Waals surface area contributed by atoms with Crippen molar-refractivity contribution in [3.8, 4) is 0 Å². The van der Waals surface area contributed by atoms with Crippen molar-refractivity contribution >= 4 is 15.7 Å². The number of likely N-dealkylation sites (N-methyl/N-ethyl adjacent to an activating group) is 1. The van der Waals surface area contributed by atoms with Gasteiger partial charge in [-0.2, -0.15) is 12.3 Å². The predicted molar refractivity (Wildman–Crippen MR) is 82.2 cm³/mol. The molecule has 0 saturated carbocycles. The van der Waals surface area contributed by atoms with Crippen LogP contribution in [0.1, 0.15) is 18.4 Å². The lowest BCUT2D eigenvalue weighted by atomic mass is 9.97. The second-order valence-electron chi connectivity index (χ2n) is 6.25. The largest absolute Gasteiger partial charge is 0.298 e. The number of rotatable bonds is 2. The van der Waals surface area contributed by atoms with E-state index in [-0.39, 0.29) is 3.89 Å². The lowest BCUT2D eigenvalue weighted by Crippen LogP contribution is -2.60. The fraction of sp³-hybridized carbons (Fsp3) is 0.600. The van der Waals surface area contributed by atoms with E-state index in [0.717, 1.165) is 25.2 Å². The summed E-state index contributed by atoms with van der Waals surface area (Å²) in [6, 6.07) is 8.34. The molecular formula is C15H23N2O2S+. The van der Waals surface area contributed by atoms with Gasteiger partial charge in [-0.05, 0) is 32.4 Å². The molecule has 110 valence electrons. The maximum absolute atomic E-state index is 12.4. The Balaban J connectivity index is 2.05. The van der Waals surface area contributed by atoms with Crippen LogP contribution in [0.3, 0.4) is 0 Å². The molecule has 4 nitrogen and oxygen atoms in total. The van der Waals surface area contributed by atoms with Gasteiger partial charge < -0.3 is 0 Å². The van der Waals surface area contributed by atoms with Gasteiger partial charge in [0, 0.05) is 11.6 Å². The number of likely N-dealkylation sites (tertiary alicyclic amines) is 1. The van der Waals surface area contributed by atoms with Gasteiger partial charge in [0.05, 0.1) is 19.3 Å². The summed E-state index contributed by atoms with van der Waals surface area (Å²) in [6.45, 7) is 2.88. The summed E-state index contributed by atoms with van der Waals surface area (Å²) in [4.78, 5) is 2.47. The highest BCUT2D eigenvalue weighted by atomic mass is 32.2. The van der Waals surface area contributed by atoms with Crippen LogP contribution in [0.25, 0.3) is 0 Å². The van der Waals surface area contributed by atoms with Crippen molar-refractivity contribution in [3.63, 3.8) is 0 Å². The standard InChI is InChI=1S/C15H23N2O2S/c1-17(20(2,18)19)12-14(16-9-5-6-10-16)11-13-7-3-4-8-15(13)17/h3-4,7-8,14H,5-6,9-12H2,1-2H3/q+1. The number of sulfonamides is 1. The summed E-state index contributed by atoms with van der Waals surface area (Å²) < 4.78 is 24.8. The third-order valence-corrected chi connectivity index (χ3v) is 6.71. The Hall–Kier alpha value is -0.910. The average Bonchev–Trinajstić information content (AvgIpc) is 2.91. The fourth-order valence-electron chi connectivity index (χ4n) is 3.63. The Morgan fingerprint density at radius 1 is 1.20 bits per heavy atom. The molecule has 20 heavy (non-hydrogen) atoms. The van der Waals surface area contributed by atoms with Gasteiger partial charge in [-0.1, -0.05) is 18.2 Å². The SMILES string of the molecule is C[N+]1(S(C)(=O)=O)CC(N2CCCC2)Cc2ccccc21. The molecule has 1 saturated heterocycles. The Bertz CT molecular complexity index is 608. The lowest BCUT2D eigenvalue weighted by molar-refractivity contribution is 0.203. The minimum Gasteiger partial charge on any atom is -0.295 e. The molecule has 0 amide bonds. The highest BCUT2D eigenvalue weighted by Crippen LogP contribution is 2.36. The molecule has 5 heteroatoms. The van der Waals surface area contributed by atoms with E-state index in [9.17, 15) is 8.42 Å². The predicted octanol–water partition coefficient (Wildman–Crippen LogP) is 1.60. The van der Waals surface area contributed by atoms with Crippen LogP contribution in [-0.4, -0.2) is 52.3 Å². The minimum atomic E-state index is -3.19. The molecule has 2 aliphatic rings. The molecule has 1 aromatic carbocycles. The number of para-hydroxylation sites is 1. The van der Waals surface area contributed by atoms with Crippen LogP contribution in [0.5, 0.6) is 0 Å². The van der Waals surface area contributed by atoms with Gasteiger partial charge >= 0.3 is 0 Å². The van der Waals surface area contributed by atoms with Crippen LogP contribution in [-0.2, 0) is 16.4 Å². The first-order chi connectivity index (χ1) is 9.42. The third-order valence-electron chi connectivity index (χ3n) is 4.90. The quantitative estimate of drug-likeness (QED) is 0.778. The summed E-state index contributed by atoms with van der Waals surface area (Å²) in [5.41, 5.74) is 2.13. The third kappa shape index (κ3) is 2.18. The van der Waals surface area contributed by atoms with Crippen LogP contribution in [0, 0.1) is 0 Å². The molecule has 0 radical (unpaired) electrons. The van der Waals surface area contributed by atoms with Crippen LogP contribution < -0.4 is 3.89 Å². The highest BCUT2D eigenvalue weighted by molar-refractivity contribution is 7.90. The van der Waals surface area contributed by atoms with Crippen molar-refractivity contribution in [3.05, 3.63) is 29.8 Å². The molecule has 0 N–H and O–H groups in total. The van der Waals surface area contributed by atoms with Crippen LogP contribution in [0.2, 0.25) is 0 Å². The molecule has 0 aliphatic carbocycles. The Morgan fingerprint density at radius 2 is 1.85 bits per heavy atom. The second kappa shape index (κ2) is 4.83. The molecule has 2 heterocycles. The van der Waals surface area contributed by atoms with Gasteiger partial charge in [-0.15, -0.1) is 0 Å². The summed E-state index contributed by atoms with van der Waals surface area (Å²) in [7, 11) is -1.35. The first-order valence-electron chi connectivity index (χ1n) is 7.30. The van der Waals surface area contributed by atoms with Gasteiger partial charge in [0.15, 0.2) is 5.69 Å². The smallest absolute Gasteiger partial charge is 0.295 e. The van der Waals surface area contributed by atoms with E-state index in [1.807, 2.05) is 25.2 Å². The van der Waals surface area contributed by atoms with Gasteiger partial charge in [-0.25, -0.2) is 0 Å². The average molecular weight is 295 g/mol. The lowest BCUT2D eigenvalue weighted by Gasteiger charge is -2.42. The van der Waals surface area contributed by atoms with Crippen LogP contribution >= 0.6 is 0 Å². The topological polar surface area (TPSA) is 37.4 Å². The van der Waals surface area contributed by atoms with E-state index in [1.165, 1.54) is 24.7 Å². The molecule has 0 spiro atoms. The van der Waals surface area contributed by atoms with Crippen molar-refractivity contribution in [2.45, 2.75) is 25.3 Å². The van der Waals surface area contributed by atoms with E-state index >= 15 is 0 Å². The number of benzene rings is 1. The summed E-state index contributed by atoms with van der Waals surface area (Å²) in [5, 5.41) is 0. The van der Waals surface area contributed by atoms with E-state index in [4.69, 9.17) is 0 Å². The molecule has 1 aromatic rings. The zero-order valence-corrected chi connectivity index (χ0v) is 13.1. The highest BCUT2D eigenvalue weighted by Gasteiger charge is 2.45. The molecule has 2 atom stereocenters. The molecular weight excluding hydrogens is 272 g/mol. The number of fused-ring (bicyclic) bond motifs is 1. The summed E-state index contributed by atoms with van der Waals surface area (Å²) in [5.74, 6) is 0. The zero-order valence-electron chi connectivity index (χ0n) is 12.2. The molecule has 2 unspecified atom stereocenters. The molecule has 0 aromatic heterocycles. The van der Waals surface area contributed by atoms with Gasteiger partial charge in [0.1, 0.15) is 6.54 Å². The van der Waals surface area contributed by atoms with Crippen LogP contribution in [0.15, 0.2) is 24.3 Å². The van der Waals surface area contributed by atoms with Crippen molar-refractivity contribution in [2.24, 2.45) is 0 Å². The summed E-state index contributed by atoms with van der Waals surface area (Å²) in [6.07, 6.45) is 4.80. The molecule has 3 rings (SSSR count). The van der Waals surface area contributed by atoms with E-state index in [1.54, 1.807) is 0 Å². The van der Waals surface area contributed by atoms with Gasteiger partial charge in [0.2, 0.25) is 0 Å². The number of hydrogen-bond acceptors (Lipinski definition) is 3. The Kier molecular flexibility index (Phi) is 3.39. The Labute approximate surface area is 121 Å². The van der Waals surface area contributed by atoms with Gasteiger partial charge in [0.25, 0.3) is 10.0 Å². The zero-order chi connectivity index (χ0) is 14.4. The van der Waals surface area contributed by atoms with Crippen molar-refractivity contribution in [1.29, 1.82) is 0 Å². The first kappa shape index (κ1) is 14.0. The molecule has 0 bridgehead atoms. The maximum atomic E-state index is 12.4. The maximum Gasteiger partial charge on any atom is 0.298 e. The molecule has 2 aliphatic heterocycles. The number of nitrogens with zero attached hydrogens (tertiary/aromatic N) is 2. The Morgan fingerprint density at radius 3 is 2.50 bits per heavy atom. The minimum absolute atomic E-state index is 0.0321. The summed E-state index contributed by atoms with van der Waals surface area (Å²) >= 11 is 0. The van der Waals surface area contributed by atoms with Gasteiger partial charge in [-0.3, -0.25) is 4.90 Å². The fourth-order valence-corrected chi connectivity index (χ4v) is 4.61. The first-order valence-corrected chi connectivity index (χ1v) is 9.15. The van der Waals surface area contributed by atoms with Crippen LogP contribution in [0.4, 0.5) is 5.69 Å². The second-order valence-corrected chi connectivity index (χ2v) is 8.52. The number of quaternary nitrogens is 1. The van der Waals surface area contributed by atoms with E-state index in [0.29, 0.717) is 12.6 Å².